The fourth-order valence-corrected chi connectivity index (χ4v) is 4.18. The highest BCUT2D eigenvalue weighted by atomic mass is 16.5. The molecule has 1 aromatic rings. The van der Waals surface area contributed by atoms with Crippen molar-refractivity contribution in [2.75, 3.05) is 19.6 Å². The van der Waals surface area contributed by atoms with E-state index >= 15 is 0 Å². The van der Waals surface area contributed by atoms with Gasteiger partial charge in [-0.25, -0.2) is 0 Å². The Bertz CT molecular complexity index is 643. The lowest BCUT2D eigenvalue weighted by Crippen LogP contribution is -2.63. The van der Waals surface area contributed by atoms with Crippen molar-refractivity contribution in [3.8, 4) is 0 Å². The average Bonchev–Trinajstić information content (AvgIpc) is 2.90. The molecule has 0 saturated carbocycles. The Hall–Kier alpha value is -2.11. The third kappa shape index (κ3) is 2.74. The number of carbonyl (C=O) groups is 2. The summed E-state index contributed by atoms with van der Waals surface area (Å²) in [6.45, 7) is 9.18. The number of hydrogen-bond donors (Lipinski definition) is 0. The second-order valence-corrected chi connectivity index (χ2v) is 6.90. The minimum atomic E-state index is -0.254. The first kappa shape index (κ1) is 16.7. The van der Waals surface area contributed by atoms with Gasteiger partial charge in [0.1, 0.15) is 11.3 Å². The van der Waals surface area contributed by atoms with Crippen molar-refractivity contribution in [1.82, 2.24) is 15.0 Å². The van der Waals surface area contributed by atoms with Crippen molar-refractivity contribution < 1.29 is 14.1 Å². The third-order valence-corrected chi connectivity index (χ3v) is 5.31. The number of amides is 2. The number of likely N-dealkylation sites (tertiary alicyclic amines) is 2. The van der Waals surface area contributed by atoms with E-state index in [4.69, 9.17) is 4.52 Å². The number of carbonyl (C=O) groups excluding carboxylic acids is 2. The topological polar surface area (TPSA) is 66.7 Å². The molecule has 2 aliphatic rings. The summed E-state index contributed by atoms with van der Waals surface area (Å²) < 4.78 is 5.15. The zero-order valence-electron chi connectivity index (χ0n) is 14.5. The van der Waals surface area contributed by atoms with Crippen molar-refractivity contribution in [1.29, 1.82) is 0 Å². The van der Waals surface area contributed by atoms with Crippen LogP contribution in [-0.4, -0.2) is 51.9 Å². The van der Waals surface area contributed by atoms with Crippen LogP contribution in [-0.2, 0) is 4.79 Å². The van der Waals surface area contributed by atoms with E-state index < -0.39 is 0 Å². The Labute approximate surface area is 142 Å². The minimum Gasteiger partial charge on any atom is -0.361 e. The predicted octanol–water partition coefficient (Wildman–Crippen LogP) is 2.46. The molecule has 0 unspecified atom stereocenters. The number of rotatable bonds is 3. The molecule has 0 N–H and O–H groups in total. The minimum absolute atomic E-state index is 0.0399. The predicted molar refractivity (Wildman–Crippen MR) is 89.6 cm³/mol. The van der Waals surface area contributed by atoms with Crippen LogP contribution in [0.1, 0.15) is 53.9 Å². The smallest absolute Gasteiger partial charge is 0.259 e. The maximum Gasteiger partial charge on any atom is 0.259 e. The fourth-order valence-electron chi connectivity index (χ4n) is 4.18. The Morgan fingerprint density at radius 1 is 1.38 bits per heavy atom. The molecule has 0 radical (unpaired) electrons. The van der Waals surface area contributed by atoms with Gasteiger partial charge in [-0.1, -0.05) is 11.2 Å². The SMILES string of the molecule is C=CCN1C(=O)CCC[C@]12CCCN(C(=O)c1c(C)noc1C)C2. The summed E-state index contributed by atoms with van der Waals surface area (Å²) in [5.74, 6) is 0.689. The summed E-state index contributed by atoms with van der Waals surface area (Å²) in [5.41, 5.74) is 0.931. The Morgan fingerprint density at radius 2 is 2.12 bits per heavy atom. The Morgan fingerprint density at radius 3 is 2.79 bits per heavy atom. The van der Waals surface area contributed by atoms with Crippen LogP contribution in [0.15, 0.2) is 17.2 Å². The number of aromatic nitrogens is 1. The summed E-state index contributed by atoms with van der Waals surface area (Å²) in [6.07, 6.45) is 6.04. The van der Waals surface area contributed by atoms with Gasteiger partial charge < -0.3 is 14.3 Å². The molecule has 130 valence electrons. The van der Waals surface area contributed by atoms with Gasteiger partial charge >= 0.3 is 0 Å². The Kier molecular flexibility index (Phi) is 4.47. The van der Waals surface area contributed by atoms with Gasteiger partial charge in [-0.05, 0) is 39.5 Å². The lowest BCUT2D eigenvalue weighted by molar-refractivity contribution is -0.143. The van der Waals surface area contributed by atoms with E-state index in [1.807, 2.05) is 9.80 Å². The molecule has 2 amide bonds. The van der Waals surface area contributed by atoms with Crippen molar-refractivity contribution in [3.05, 3.63) is 29.7 Å². The highest BCUT2D eigenvalue weighted by Gasteiger charge is 2.45. The van der Waals surface area contributed by atoms with Gasteiger partial charge in [-0.3, -0.25) is 9.59 Å². The van der Waals surface area contributed by atoms with Crippen LogP contribution < -0.4 is 0 Å². The second kappa shape index (κ2) is 6.42. The zero-order valence-corrected chi connectivity index (χ0v) is 14.5. The van der Waals surface area contributed by atoms with E-state index in [1.165, 1.54) is 0 Å². The van der Waals surface area contributed by atoms with Gasteiger partial charge in [-0.2, -0.15) is 0 Å². The van der Waals surface area contributed by atoms with Crippen molar-refractivity contribution >= 4 is 11.8 Å². The van der Waals surface area contributed by atoms with Crippen molar-refractivity contribution in [2.45, 2.75) is 51.5 Å². The van der Waals surface area contributed by atoms with Crippen molar-refractivity contribution in [3.63, 3.8) is 0 Å². The molecular formula is C18H25N3O3. The maximum absolute atomic E-state index is 13.0. The molecule has 1 aromatic heterocycles. The summed E-state index contributed by atoms with van der Waals surface area (Å²) in [5, 5.41) is 3.89. The lowest BCUT2D eigenvalue weighted by atomic mass is 9.79. The van der Waals surface area contributed by atoms with Gasteiger partial charge in [0.2, 0.25) is 5.91 Å². The van der Waals surface area contributed by atoms with E-state index in [-0.39, 0.29) is 17.4 Å². The highest BCUT2D eigenvalue weighted by Crippen LogP contribution is 2.37. The van der Waals surface area contributed by atoms with Gasteiger partial charge in [-0.15, -0.1) is 6.58 Å². The lowest BCUT2D eigenvalue weighted by Gasteiger charge is -2.51. The van der Waals surface area contributed by atoms with Crippen LogP contribution in [0.2, 0.25) is 0 Å². The highest BCUT2D eigenvalue weighted by molar-refractivity contribution is 5.96. The Balaban J connectivity index is 1.86. The van der Waals surface area contributed by atoms with Crippen molar-refractivity contribution in [2.24, 2.45) is 0 Å². The molecular weight excluding hydrogens is 306 g/mol. The first-order chi connectivity index (χ1) is 11.5. The number of piperidine rings is 2. The standard InChI is InChI=1S/C18H25N3O3/c1-4-10-21-15(22)7-5-8-18(21)9-6-11-20(12-18)17(23)16-13(2)19-24-14(16)3/h4H,1,5-12H2,2-3H3/t18-/m1/s1. The molecule has 6 heteroatoms. The molecule has 2 saturated heterocycles. The zero-order chi connectivity index (χ0) is 17.3. The number of nitrogens with zero attached hydrogens (tertiary/aromatic N) is 3. The van der Waals surface area contributed by atoms with E-state index in [0.717, 1.165) is 25.7 Å². The molecule has 2 fully saturated rings. The maximum atomic E-state index is 13.0. The van der Waals surface area contributed by atoms with E-state index in [2.05, 4.69) is 11.7 Å². The van der Waals surface area contributed by atoms with Gasteiger partial charge in [0.15, 0.2) is 0 Å². The molecule has 3 rings (SSSR count). The quantitative estimate of drug-likeness (QED) is 0.798. The van der Waals surface area contributed by atoms with Gasteiger partial charge in [0.25, 0.3) is 5.91 Å². The molecule has 6 nitrogen and oxygen atoms in total. The van der Waals surface area contributed by atoms with Crippen LogP contribution in [0.25, 0.3) is 0 Å². The average molecular weight is 331 g/mol. The molecule has 1 atom stereocenters. The van der Waals surface area contributed by atoms with Crippen LogP contribution >= 0.6 is 0 Å². The fraction of sp³-hybridized carbons (Fsp3) is 0.611. The van der Waals surface area contributed by atoms with Crippen LogP contribution in [0.3, 0.4) is 0 Å². The first-order valence-corrected chi connectivity index (χ1v) is 8.62. The monoisotopic (exact) mass is 331 g/mol. The molecule has 3 heterocycles. The van der Waals surface area contributed by atoms with Gasteiger partial charge in [0.05, 0.1) is 11.2 Å². The summed E-state index contributed by atoms with van der Waals surface area (Å²) in [7, 11) is 0. The number of aryl methyl sites for hydroxylation is 2. The first-order valence-electron chi connectivity index (χ1n) is 8.62. The number of hydrogen-bond acceptors (Lipinski definition) is 4. The second-order valence-electron chi connectivity index (χ2n) is 6.90. The molecule has 1 spiro atoms. The molecule has 0 aromatic carbocycles. The largest absolute Gasteiger partial charge is 0.361 e. The van der Waals surface area contributed by atoms with E-state index in [9.17, 15) is 9.59 Å². The van der Waals surface area contributed by atoms with E-state index in [0.29, 0.717) is 43.1 Å². The normalized spacial score (nSPS) is 24.5. The van der Waals surface area contributed by atoms with E-state index in [1.54, 1.807) is 19.9 Å². The van der Waals surface area contributed by atoms with Crippen LogP contribution in [0.5, 0.6) is 0 Å². The summed E-state index contributed by atoms with van der Waals surface area (Å²) in [4.78, 5) is 29.2. The van der Waals surface area contributed by atoms with Crippen LogP contribution in [0.4, 0.5) is 0 Å². The molecule has 0 bridgehead atoms. The summed E-state index contributed by atoms with van der Waals surface area (Å²) in [6, 6.07) is 0. The third-order valence-electron chi connectivity index (χ3n) is 5.31. The molecule has 2 aliphatic heterocycles. The van der Waals surface area contributed by atoms with Gasteiger partial charge in [0, 0.05) is 26.1 Å². The summed E-state index contributed by atoms with van der Waals surface area (Å²) >= 11 is 0. The molecule has 0 aliphatic carbocycles. The molecule has 24 heavy (non-hydrogen) atoms. The van der Waals surface area contributed by atoms with Crippen LogP contribution in [0, 0.1) is 13.8 Å².